The largest absolute Gasteiger partial charge is 0.494 e. The zero-order chi connectivity index (χ0) is 14.5. The Bertz CT molecular complexity index is 478. The number of ether oxygens (including phenoxy) is 1. The van der Waals surface area contributed by atoms with Gasteiger partial charge in [-0.2, -0.15) is 0 Å². The van der Waals surface area contributed by atoms with E-state index >= 15 is 0 Å². The van der Waals surface area contributed by atoms with E-state index in [2.05, 4.69) is 5.32 Å². The molecule has 1 amide bonds. The van der Waals surface area contributed by atoms with Crippen LogP contribution >= 0.6 is 0 Å². The highest BCUT2D eigenvalue weighted by Gasteiger charge is 2.24. The van der Waals surface area contributed by atoms with Gasteiger partial charge in [0.15, 0.2) is 11.6 Å². The van der Waals surface area contributed by atoms with Gasteiger partial charge < -0.3 is 15.2 Å². The van der Waals surface area contributed by atoms with Gasteiger partial charge in [-0.15, -0.1) is 0 Å². The van der Waals surface area contributed by atoms with Crippen LogP contribution in [0, 0.1) is 5.82 Å². The maximum absolute atomic E-state index is 13.5. The molecule has 0 aromatic heterocycles. The molecule has 0 saturated heterocycles. The molecule has 0 heterocycles. The van der Waals surface area contributed by atoms with E-state index in [1.165, 1.54) is 19.2 Å². The van der Waals surface area contributed by atoms with Gasteiger partial charge in [0.2, 0.25) is 5.91 Å². The minimum atomic E-state index is -0.476. The standard InChI is InChI=1S/C15H20FNO3/c1-20-14-7-6-10(8-11(14)16)9-15(19)17-12-4-2-3-5-13(12)18/h6-8,12-13,18H,2-5,9H2,1H3,(H,17,19)/t12-,13-/m1/s1. The molecule has 1 aromatic carbocycles. The fraction of sp³-hybridized carbons (Fsp3) is 0.533. The van der Waals surface area contributed by atoms with Gasteiger partial charge in [-0.25, -0.2) is 4.39 Å². The highest BCUT2D eigenvalue weighted by Crippen LogP contribution is 2.20. The van der Waals surface area contributed by atoms with E-state index in [4.69, 9.17) is 4.74 Å². The van der Waals surface area contributed by atoms with Crippen LogP contribution in [0.15, 0.2) is 18.2 Å². The molecule has 1 saturated carbocycles. The van der Waals surface area contributed by atoms with Crippen molar-refractivity contribution in [2.24, 2.45) is 0 Å². The number of benzene rings is 1. The monoisotopic (exact) mass is 281 g/mol. The molecule has 2 N–H and O–H groups in total. The Morgan fingerprint density at radius 2 is 2.20 bits per heavy atom. The quantitative estimate of drug-likeness (QED) is 0.884. The average Bonchev–Trinajstić information content (AvgIpc) is 2.41. The molecule has 1 aromatic rings. The molecule has 110 valence electrons. The predicted molar refractivity (Wildman–Crippen MR) is 73.1 cm³/mol. The number of halogens is 1. The van der Waals surface area contributed by atoms with Crippen LogP contribution < -0.4 is 10.1 Å². The first-order valence-corrected chi connectivity index (χ1v) is 6.90. The van der Waals surface area contributed by atoms with E-state index in [1.54, 1.807) is 6.07 Å². The second-order valence-electron chi connectivity index (χ2n) is 5.17. The zero-order valence-electron chi connectivity index (χ0n) is 11.6. The Balaban J connectivity index is 1.92. The third-order valence-corrected chi connectivity index (χ3v) is 3.66. The van der Waals surface area contributed by atoms with E-state index in [-0.39, 0.29) is 24.1 Å². The molecule has 4 nitrogen and oxygen atoms in total. The normalized spacial score (nSPS) is 22.4. The average molecular weight is 281 g/mol. The predicted octanol–water partition coefficient (Wildman–Crippen LogP) is 1.80. The molecular formula is C15H20FNO3. The van der Waals surface area contributed by atoms with Crippen molar-refractivity contribution in [3.63, 3.8) is 0 Å². The Morgan fingerprint density at radius 3 is 2.85 bits per heavy atom. The van der Waals surface area contributed by atoms with Crippen LogP contribution in [0.25, 0.3) is 0 Å². The van der Waals surface area contributed by atoms with E-state index < -0.39 is 11.9 Å². The summed E-state index contributed by atoms with van der Waals surface area (Å²) in [4.78, 5) is 11.9. The number of aliphatic hydroxyl groups excluding tert-OH is 1. The summed E-state index contributed by atoms with van der Waals surface area (Å²) in [5.74, 6) is -0.507. The van der Waals surface area contributed by atoms with Crippen molar-refractivity contribution in [3.05, 3.63) is 29.6 Å². The maximum atomic E-state index is 13.5. The third-order valence-electron chi connectivity index (χ3n) is 3.66. The van der Waals surface area contributed by atoms with E-state index in [0.717, 1.165) is 25.7 Å². The number of rotatable bonds is 4. The Kier molecular flexibility index (Phi) is 4.95. The van der Waals surface area contributed by atoms with Crippen LogP contribution in [0.5, 0.6) is 5.75 Å². The van der Waals surface area contributed by atoms with Crippen LogP contribution in [0.1, 0.15) is 31.2 Å². The van der Waals surface area contributed by atoms with Gasteiger partial charge in [-0.1, -0.05) is 18.9 Å². The summed E-state index contributed by atoms with van der Waals surface area (Å²) in [5.41, 5.74) is 0.589. The molecule has 20 heavy (non-hydrogen) atoms. The van der Waals surface area contributed by atoms with E-state index in [9.17, 15) is 14.3 Å². The van der Waals surface area contributed by atoms with Crippen LogP contribution in [0.4, 0.5) is 4.39 Å². The summed E-state index contributed by atoms with van der Waals surface area (Å²) in [6.07, 6.45) is 3.16. The van der Waals surface area contributed by atoms with Gasteiger partial charge in [0.1, 0.15) is 0 Å². The Labute approximate surface area is 117 Å². The first-order chi connectivity index (χ1) is 9.60. The highest BCUT2D eigenvalue weighted by molar-refractivity contribution is 5.79. The molecule has 0 radical (unpaired) electrons. The molecule has 0 unspecified atom stereocenters. The fourth-order valence-electron chi connectivity index (χ4n) is 2.54. The van der Waals surface area contributed by atoms with Gasteiger partial charge in [0.05, 0.1) is 25.7 Å². The van der Waals surface area contributed by atoms with E-state index in [0.29, 0.717) is 5.56 Å². The van der Waals surface area contributed by atoms with Crippen LogP contribution in [0.3, 0.4) is 0 Å². The molecule has 0 spiro atoms. The number of nitrogens with one attached hydrogen (secondary N) is 1. The molecule has 2 rings (SSSR count). The lowest BCUT2D eigenvalue weighted by Crippen LogP contribution is -2.45. The lowest BCUT2D eigenvalue weighted by molar-refractivity contribution is -0.122. The highest BCUT2D eigenvalue weighted by atomic mass is 19.1. The van der Waals surface area contributed by atoms with Gasteiger partial charge >= 0.3 is 0 Å². The first kappa shape index (κ1) is 14.8. The number of methoxy groups -OCH3 is 1. The van der Waals surface area contributed by atoms with Gasteiger partial charge in [0.25, 0.3) is 0 Å². The number of hydrogen-bond acceptors (Lipinski definition) is 3. The van der Waals surface area contributed by atoms with Crippen LogP contribution in [-0.2, 0) is 11.2 Å². The molecule has 2 atom stereocenters. The molecule has 1 fully saturated rings. The minimum absolute atomic E-state index is 0.101. The summed E-state index contributed by atoms with van der Waals surface area (Å²) in [7, 11) is 1.40. The van der Waals surface area contributed by atoms with Crippen molar-refractivity contribution in [1.82, 2.24) is 5.32 Å². The maximum Gasteiger partial charge on any atom is 0.224 e. The SMILES string of the molecule is COc1ccc(CC(=O)N[C@@H]2CCCC[C@H]2O)cc1F. The zero-order valence-corrected chi connectivity index (χ0v) is 11.6. The lowest BCUT2D eigenvalue weighted by Gasteiger charge is -2.28. The second-order valence-corrected chi connectivity index (χ2v) is 5.17. The first-order valence-electron chi connectivity index (χ1n) is 6.90. The van der Waals surface area contributed by atoms with Crippen molar-refractivity contribution in [2.45, 2.75) is 44.2 Å². The van der Waals surface area contributed by atoms with Gasteiger partial charge in [-0.05, 0) is 30.5 Å². The van der Waals surface area contributed by atoms with Crippen molar-refractivity contribution in [1.29, 1.82) is 0 Å². The topological polar surface area (TPSA) is 58.6 Å². The van der Waals surface area contributed by atoms with Crippen LogP contribution in [-0.4, -0.2) is 30.3 Å². The summed E-state index contributed by atoms with van der Waals surface area (Å²) in [6.45, 7) is 0. The fourth-order valence-corrected chi connectivity index (χ4v) is 2.54. The number of carbonyl (C=O) groups is 1. The number of amides is 1. The van der Waals surface area contributed by atoms with Gasteiger partial charge in [-0.3, -0.25) is 4.79 Å². The van der Waals surface area contributed by atoms with Crippen molar-refractivity contribution in [2.75, 3.05) is 7.11 Å². The van der Waals surface area contributed by atoms with Crippen molar-refractivity contribution in [3.8, 4) is 5.75 Å². The Morgan fingerprint density at radius 1 is 1.45 bits per heavy atom. The second kappa shape index (κ2) is 6.70. The summed E-state index contributed by atoms with van der Waals surface area (Å²) < 4.78 is 18.4. The summed E-state index contributed by atoms with van der Waals surface area (Å²) >= 11 is 0. The van der Waals surface area contributed by atoms with Crippen LogP contribution in [0.2, 0.25) is 0 Å². The lowest BCUT2D eigenvalue weighted by atomic mass is 9.92. The molecule has 0 bridgehead atoms. The number of hydrogen-bond donors (Lipinski definition) is 2. The third kappa shape index (κ3) is 3.70. The molecule has 5 heteroatoms. The summed E-state index contributed by atoms with van der Waals surface area (Å²) in [5, 5.41) is 12.6. The molecule has 0 aliphatic heterocycles. The molecule has 1 aliphatic rings. The number of carbonyl (C=O) groups excluding carboxylic acids is 1. The summed E-state index contributed by atoms with van der Waals surface area (Å²) in [6, 6.07) is 4.29. The smallest absolute Gasteiger partial charge is 0.224 e. The van der Waals surface area contributed by atoms with Gasteiger partial charge in [0, 0.05) is 0 Å². The molecular weight excluding hydrogens is 261 g/mol. The number of aliphatic hydroxyl groups is 1. The van der Waals surface area contributed by atoms with E-state index in [1.807, 2.05) is 0 Å². The minimum Gasteiger partial charge on any atom is -0.494 e. The van der Waals surface area contributed by atoms with Crippen molar-refractivity contribution < 1.29 is 19.0 Å². The van der Waals surface area contributed by atoms with Crippen molar-refractivity contribution >= 4 is 5.91 Å². The Hall–Kier alpha value is -1.62. The molecule has 1 aliphatic carbocycles.